The van der Waals surface area contributed by atoms with Gasteiger partial charge in [0.1, 0.15) is 5.75 Å². The molecule has 0 unspecified atom stereocenters. The fraction of sp³-hybridized carbons (Fsp3) is 0.333. The van der Waals surface area contributed by atoms with Crippen LogP contribution in [0.25, 0.3) is 0 Å². The molecule has 13 heavy (non-hydrogen) atoms. The van der Waals surface area contributed by atoms with Crippen LogP contribution in [0.3, 0.4) is 0 Å². The molecule has 0 fully saturated rings. The van der Waals surface area contributed by atoms with Crippen molar-refractivity contribution >= 4 is 44.5 Å². The maximum atomic E-state index is 5.38. The third-order valence-corrected chi connectivity index (χ3v) is 3.31. The quantitative estimate of drug-likeness (QED) is 0.825. The first-order chi connectivity index (χ1) is 6.19. The Morgan fingerprint density at radius 2 is 1.85 bits per heavy atom. The number of hydrogen-bond acceptors (Lipinski definition) is 2. The van der Waals surface area contributed by atoms with Crippen molar-refractivity contribution in [2.24, 2.45) is 0 Å². The Morgan fingerprint density at radius 3 is 2.23 bits per heavy atom. The predicted molar refractivity (Wildman–Crippen MR) is 65.7 cm³/mol. The topological polar surface area (TPSA) is 9.23 Å². The second-order valence-corrected chi connectivity index (χ2v) is 4.48. The number of thiol groups is 1. The molecule has 1 nitrogen and oxygen atoms in total. The van der Waals surface area contributed by atoms with Crippen molar-refractivity contribution in [1.29, 1.82) is 0 Å². The molecule has 0 atom stereocenters. The maximum absolute atomic E-state index is 5.38. The van der Waals surface area contributed by atoms with E-state index in [4.69, 9.17) is 4.74 Å². The second-order valence-electron chi connectivity index (χ2n) is 2.46. The van der Waals surface area contributed by atoms with Crippen molar-refractivity contribution in [3.63, 3.8) is 0 Å². The third-order valence-electron chi connectivity index (χ3n) is 1.58. The van der Waals surface area contributed by atoms with Crippen LogP contribution in [-0.2, 0) is 5.75 Å². The van der Waals surface area contributed by atoms with E-state index in [9.17, 15) is 0 Å². The van der Waals surface area contributed by atoms with E-state index in [0.29, 0.717) is 12.4 Å². The second kappa shape index (κ2) is 5.27. The Hall–Kier alpha value is 0.330. The summed E-state index contributed by atoms with van der Waals surface area (Å²) < 4.78 is 7.44. The van der Waals surface area contributed by atoms with Gasteiger partial charge in [-0.3, -0.25) is 0 Å². The van der Waals surface area contributed by atoms with Gasteiger partial charge in [0.05, 0.1) is 6.61 Å². The largest absolute Gasteiger partial charge is 0.494 e. The molecule has 72 valence electrons. The van der Waals surface area contributed by atoms with Crippen LogP contribution in [-0.4, -0.2) is 6.61 Å². The van der Waals surface area contributed by atoms with E-state index >= 15 is 0 Å². The van der Waals surface area contributed by atoms with Crippen LogP contribution >= 0.6 is 44.5 Å². The summed E-state index contributed by atoms with van der Waals surface area (Å²) in [6.07, 6.45) is 0. The normalized spacial score (nSPS) is 10.2. The molecule has 1 aromatic rings. The van der Waals surface area contributed by atoms with Gasteiger partial charge in [0.15, 0.2) is 0 Å². The monoisotopic (exact) mass is 324 g/mol. The van der Waals surface area contributed by atoms with Crippen LogP contribution in [0.1, 0.15) is 12.5 Å². The summed E-state index contributed by atoms with van der Waals surface area (Å²) in [5.74, 6) is 1.57. The van der Waals surface area contributed by atoms with E-state index in [2.05, 4.69) is 44.5 Å². The van der Waals surface area contributed by atoms with Gasteiger partial charge >= 0.3 is 0 Å². The van der Waals surface area contributed by atoms with E-state index in [1.807, 2.05) is 19.1 Å². The predicted octanol–water partition coefficient (Wildman–Crippen LogP) is 4.04. The van der Waals surface area contributed by atoms with Gasteiger partial charge < -0.3 is 4.74 Å². The molecule has 0 N–H and O–H groups in total. The minimum absolute atomic E-state index is 0.680. The summed E-state index contributed by atoms with van der Waals surface area (Å²) in [4.78, 5) is 0. The first-order valence-electron chi connectivity index (χ1n) is 3.90. The first-order valence-corrected chi connectivity index (χ1v) is 6.12. The van der Waals surface area contributed by atoms with Gasteiger partial charge in [-0.15, -0.1) is 0 Å². The zero-order chi connectivity index (χ0) is 9.84. The molecule has 0 aliphatic rings. The minimum atomic E-state index is 0.680. The molecular weight excluding hydrogens is 316 g/mol. The number of rotatable bonds is 3. The van der Waals surface area contributed by atoms with Crippen molar-refractivity contribution in [3.8, 4) is 5.75 Å². The van der Waals surface area contributed by atoms with Crippen LogP contribution in [0, 0.1) is 0 Å². The molecule has 4 heteroatoms. The summed E-state index contributed by atoms with van der Waals surface area (Å²) in [6.45, 7) is 2.65. The Balaban J connectivity index is 3.05. The summed E-state index contributed by atoms with van der Waals surface area (Å²) in [7, 11) is 0. The molecule has 1 aromatic carbocycles. The van der Waals surface area contributed by atoms with Crippen LogP contribution in [0.5, 0.6) is 5.75 Å². The van der Waals surface area contributed by atoms with E-state index in [1.165, 1.54) is 0 Å². The van der Waals surface area contributed by atoms with Gasteiger partial charge in [0, 0.05) is 14.7 Å². The lowest BCUT2D eigenvalue weighted by molar-refractivity contribution is 0.339. The van der Waals surface area contributed by atoms with Gasteiger partial charge in [-0.25, -0.2) is 0 Å². The van der Waals surface area contributed by atoms with E-state index in [1.54, 1.807) is 0 Å². The highest BCUT2D eigenvalue weighted by molar-refractivity contribution is 9.11. The zero-order valence-electron chi connectivity index (χ0n) is 7.18. The first kappa shape index (κ1) is 11.4. The Bertz CT molecular complexity index is 279. The number of benzene rings is 1. The Labute approximate surface area is 101 Å². The number of hydrogen-bond donors (Lipinski definition) is 1. The third kappa shape index (κ3) is 2.89. The van der Waals surface area contributed by atoms with Gasteiger partial charge in [0.25, 0.3) is 0 Å². The SMILES string of the molecule is CCOc1cc(Br)c(CS)c(Br)c1. The van der Waals surface area contributed by atoms with Crippen molar-refractivity contribution < 1.29 is 4.74 Å². The van der Waals surface area contributed by atoms with Gasteiger partial charge in [-0.05, 0) is 24.6 Å². The summed E-state index contributed by atoms with van der Waals surface area (Å²) in [5.41, 5.74) is 1.15. The average molecular weight is 326 g/mol. The van der Waals surface area contributed by atoms with Gasteiger partial charge in [0.2, 0.25) is 0 Å². The summed E-state index contributed by atoms with van der Waals surface area (Å²) >= 11 is 11.2. The van der Waals surface area contributed by atoms with E-state index in [0.717, 1.165) is 20.3 Å². The zero-order valence-corrected chi connectivity index (χ0v) is 11.2. The van der Waals surface area contributed by atoms with Crippen molar-refractivity contribution in [2.75, 3.05) is 6.61 Å². The van der Waals surface area contributed by atoms with E-state index < -0.39 is 0 Å². The molecule has 1 rings (SSSR count). The van der Waals surface area contributed by atoms with Crippen LogP contribution < -0.4 is 4.74 Å². The van der Waals surface area contributed by atoms with Crippen LogP contribution in [0.4, 0.5) is 0 Å². The molecular formula is C9H10Br2OS. The molecule has 0 aliphatic heterocycles. The molecule has 0 amide bonds. The molecule has 0 heterocycles. The molecule has 0 bridgehead atoms. The Morgan fingerprint density at radius 1 is 1.31 bits per heavy atom. The fourth-order valence-corrected chi connectivity index (χ4v) is 3.18. The number of ether oxygens (including phenoxy) is 1. The highest BCUT2D eigenvalue weighted by Crippen LogP contribution is 2.31. The lowest BCUT2D eigenvalue weighted by Gasteiger charge is -2.08. The number of halogens is 2. The standard InChI is InChI=1S/C9H10Br2OS/c1-2-12-6-3-8(10)7(5-13)9(11)4-6/h3-4,13H,2,5H2,1H3. The van der Waals surface area contributed by atoms with Crippen molar-refractivity contribution in [2.45, 2.75) is 12.7 Å². The van der Waals surface area contributed by atoms with E-state index in [-0.39, 0.29) is 0 Å². The molecule has 0 aromatic heterocycles. The highest BCUT2D eigenvalue weighted by atomic mass is 79.9. The van der Waals surface area contributed by atoms with Crippen molar-refractivity contribution in [1.82, 2.24) is 0 Å². The fourth-order valence-electron chi connectivity index (χ4n) is 0.981. The summed E-state index contributed by atoms with van der Waals surface area (Å²) in [6, 6.07) is 3.92. The lowest BCUT2D eigenvalue weighted by Crippen LogP contribution is -1.93. The van der Waals surface area contributed by atoms with Crippen molar-refractivity contribution in [3.05, 3.63) is 26.6 Å². The maximum Gasteiger partial charge on any atom is 0.121 e. The molecule has 0 radical (unpaired) electrons. The smallest absolute Gasteiger partial charge is 0.121 e. The van der Waals surface area contributed by atoms with Crippen LogP contribution in [0.2, 0.25) is 0 Å². The average Bonchev–Trinajstić information content (AvgIpc) is 2.04. The molecule has 0 aliphatic carbocycles. The highest BCUT2D eigenvalue weighted by Gasteiger charge is 2.06. The summed E-state index contributed by atoms with van der Waals surface area (Å²) in [5, 5.41) is 0. The van der Waals surface area contributed by atoms with Gasteiger partial charge in [-0.2, -0.15) is 12.6 Å². The molecule has 0 saturated carbocycles. The van der Waals surface area contributed by atoms with Crippen LogP contribution in [0.15, 0.2) is 21.1 Å². The minimum Gasteiger partial charge on any atom is -0.494 e. The molecule has 0 spiro atoms. The Kier molecular flexibility index (Phi) is 4.62. The van der Waals surface area contributed by atoms with Gasteiger partial charge in [-0.1, -0.05) is 31.9 Å². The molecule has 0 saturated heterocycles. The lowest BCUT2D eigenvalue weighted by atomic mass is 10.2.